The Kier molecular flexibility index (Phi) is 4.88. The standard InChI is InChI=1S/C19H26FN3O/c1-4-14(5-2)19(24)22-10-8-16(9-11-22)23-13(3)21-17-7-6-15(20)12-18(17)23/h6-7,12,14,16H,4-5,8-11H2,1-3H3. The van der Waals surface area contributed by atoms with Gasteiger partial charge in [0.2, 0.25) is 5.91 Å². The van der Waals surface area contributed by atoms with E-state index in [-0.39, 0.29) is 23.7 Å². The Hall–Kier alpha value is -1.91. The number of carbonyl (C=O) groups excluding carboxylic acids is 1. The largest absolute Gasteiger partial charge is 0.342 e. The molecule has 0 bridgehead atoms. The Morgan fingerprint density at radius 1 is 1.29 bits per heavy atom. The van der Waals surface area contributed by atoms with Crippen LogP contribution in [0.2, 0.25) is 0 Å². The first-order chi connectivity index (χ1) is 11.5. The number of halogens is 1. The first kappa shape index (κ1) is 16.9. The van der Waals surface area contributed by atoms with E-state index in [0.717, 1.165) is 55.6 Å². The van der Waals surface area contributed by atoms with Crippen molar-refractivity contribution >= 4 is 16.9 Å². The number of hydrogen-bond donors (Lipinski definition) is 0. The molecule has 1 aliphatic heterocycles. The van der Waals surface area contributed by atoms with E-state index in [1.54, 1.807) is 12.1 Å². The molecule has 1 amide bonds. The van der Waals surface area contributed by atoms with Gasteiger partial charge in [-0.3, -0.25) is 4.79 Å². The molecule has 0 atom stereocenters. The fourth-order valence-corrected chi connectivity index (χ4v) is 3.89. The zero-order valence-corrected chi connectivity index (χ0v) is 14.8. The molecular weight excluding hydrogens is 305 g/mol. The van der Waals surface area contributed by atoms with Gasteiger partial charge in [-0.05, 0) is 50.8 Å². The molecule has 3 rings (SSSR count). The van der Waals surface area contributed by atoms with Crippen LogP contribution in [0.5, 0.6) is 0 Å². The van der Waals surface area contributed by atoms with Crippen molar-refractivity contribution in [3.8, 4) is 0 Å². The Balaban J connectivity index is 1.77. The number of fused-ring (bicyclic) bond motifs is 1. The molecule has 0 unspecified atom stereocenters. The maximum absolute atomic E-state index is 13.6. The van der Waals surface area contributed by atoms with E-state index in [0.29, 0.717) is 0 Å². The number of imidazole rings is 1. The Bertz CT molecular complexity index is 728. The van der Waals surface area contributed by atoms with E-state index in [4.69, 9.17) is 0 Å². The van der Waals surface area contributed by atoms with E-state index in [9.17, 15) is 9.18 Å². The molecule has 1 aromatic carbocycles. The van der Waals surface area contributed by atoms with Crippen LogP contribution in [0.25, 0.3) is 11.0 Å². The number of aromatic nitrogens is 2. The van der Waals surface area contributed by atoms with Crippen LogP contribution in [0.1, 0.15) is 51.4 Å². The van der Waals surface area contributed by atoms with Crippen LogP contribution in [0.3, 0.4) is 0 Å². The minimum atomic E-state index is -0.231. The van der Waals surface area contributed by atoms with Crippen molar-refractivity contribution in [3.63, 3.8) is 0 Å². The lowest BCUT2D eigenvalue weighted by Gasteiger charge is -2.35. The highest BCUT2D eigenvalue weighted by Gasteiger charge is 2.28. The highest BCUT2D eigenvalue weighted by molar-refractivity contribution is 5.79. The number of rotatable bonds is 4. The summed E-state index contributed by atoms with van der Waals surface area (Å²) >= 11 is 0. The lowest BCUT2D eigenvalue weighted by atomic mass is 9.98. The van der Waals surface area contributed by atoms with E-state index < -0.39 is 0 Å². The maximum Gasteiger partial charge on any atom is 0.225 e. The predicted octanol–water partition coefficient (Wildman–Crippen LogP) is 4.08. The van der Waals surface area contributed by atoms with Crippen molar-refractivity contribution in [1.82, 2.24) is 14.5 Å². The second-order valence-electron chi connectivity index (χ2n) is 6.73. The van der Waals surface area contributed by atoms with E-state index in [1.165, 1.54) is 6.07 Å². The molecule has 1 aromatic heterocycles. The molecule has 24 heavy (non-hydrogen) atoms. The highest BCUT2D eigenvalue weighted by Crippen LogP contribution is 2.30. The summed E-state index contributed by atoms with van der Waals surface area (Å²) in [5, 5.41) is 0. The van der Waals surface area contributed by atoms with Crippen LogP contribution >= 0.6 is 0 Å². The monoisotopic (exact) mass is 331 g/mol. The second kappa shape index (κ2) is 6.91. The number of hydrogen-bond acceptors (Lipinski definition) is 2. The lowest BCUT2D eigenvalue weighted by molar-refractivity contribution is -0.137. The average Bonchev–Trinajstić information content (AvgIpc) is 2.91. The van der Waals surface area contributed by atoms with Gasteiger partial charge in [-0.2, -0.15) is 0 Å². The molecule has 1 saturated heterocycles. The molecular formula is C19H26FN3O. The molecule has 5 heteroatoms. The number of benzene rings is 1. The van der Waals surface area contributed by atoms with Gasteiger partial charge in [0.05, 0.1) is 11.0 Å². The molecule has 0 spiro atoms. The van der Waals surface area contributed by atoms with Gasteiger partial charge >= 0.3 is 0 Å². The molecule has 2 heterocycles. The molecule has 1 fully saturated rings. The van der Waals surface area contributed by atoms with Crippen LogP contribution in [0.15, 0.2) is 18.2 Å². The van der Waals surface area contributed by atoms with E-state index >= 15 is 0 Å². The molecule has 0 radical (unpaired) electrons. The summed E-state index contributed by atoms with van der Waals surface area (Å²) in [6, 6.07) is 5.04. The van der Waals surface area contributed by atoms with Crippen molar-refractivity contribution in [2.24, 2.45) is 5.92 Å². The van der Waals surface area contributed by atoms with Gasteiger partial charge in [-0.1, -0.05) is 13.8 Å². The minimum Gasteiger partial charge on any atom is -0.342 e. The summed E-state index contributed by atoms with van der Waals surface area (Å²) in [7, 11) is 0. The van der Waals surface area contributed by atoms with Gasteiger partial charge in [0, 0.05) is 25.0 Å². The van der Waals surface area contributed by atoms with Gasteiger partial charge < -0.3 is 9.47 Å². The number of aryl methyl sites for hydroxylation is 1. The second-order valence-corrected chi connectivity index (χ2v) is 6.73. The van der Waals surface area contributed by atoms with Gasteiger partial charge in [0.15, 0.2) is 0 Å². The fraction of sp³-hybridized carbons (Fsp3) is 0.579. The summed E-state index contributed by atoms with van der Waals surface area (Å²) in [6.07, 6.45) is 3.60. The van der Waals surface area contributed by atoms with Gasteiger partial charge in [0.25, 0.3) is 0 Å². The zero-order chi connectivity index (χ0) is 17.3. The maximum atomic E-state index is 13.6. The molecule has 130 valence electrons. The van der Waals surface area contributed by atoms with Crippen LogP contribution in [-0.4, -0.2) is 33.4 Å². The summed E-state index contributed by atoms with van der Waals surface area (Å²) in [6.45, 7) is 7.67. The smallest absolute Gasteiger partial charge is 0.225 e. The fourth-order valence-electron chi connectivity index (χ4n) is 3.89. The summed E-state index contributed by atoms with van der Waals surface area (Å²) in [5.41, 5.74) is 1.70. The third-order valence-electron chi connectivity index (χ3n) is 5.30. The predicted molar refractivity (Wildman–Crippen MR) is 93.4 cm³/mol. The number of amides is 1. The first-order valence-electron chi connectivity index (χ1n) is 8.98. The van der Waals surface area contributed by atoms with Crippen molar-refractivity contribution in [2.75, 3.05) is 13.1 Å². The molecule has 1 aliphatic rings. The Morgan fingerprint density at radius 2 is 1.96 bits per heavy atom. The minimum absolute atomic E-state index is 0.145. The third-order valence-corrected chi connectivity index (χ3v) is 5.30. The van der Waals surface area contributed by atoms with Crippen LogP contribution in [0.4, 0.5) is 4.39 Å². The topological polar surface area (TPSA) is 38.1 Å². The van der Waals surface area contributed by atoms with Crippen LogP contribution in [-0.2, 0) is 4.79 Å². The van der Waals surface area contributed by atoms with Gasteiger partial charge in [-0.25, -0.2) is 9.37 Å². The number of piperidine rings is 1. The number of nitrogens with zero attached hydrogens (tertiary/aromatic N) is 3. The quantitative estimate of drug-likeness (QED) is 0.846. The highest BCUT2D eigenvalue weighted by atomic mass is 19.1. The molecule has 0 saturated carbocycles. The molecule has 0 N–H and O–H groups in total. The summed E-state index contributed by atoms with van der Waals surface area (Å²) < 4.78 is 15.8. The Morgan fingerprint density at radius 3 is 2.58 bits per heavy atom. The van der Waals surface area contributed by atoms with E-state index in [1.807, 2.05) is 11.8 Å². The van der Waals surface area contributed by atoms with Crippen LogP contribution in [0, 0.1) is 18.7 Å². The molecule has 2 aromatic rings. The number of carbonyl (C=O) groups is 1. The average molecular weight is 331 g/mol. The number of likely N-dealkylation sites (tertiary alicyclic amines) is 1. The van der Waals surface area contributed by atoms with E-state index in [2.05, 4.69) is 23.4 Å². The SMILES string of the molecule is CCC(CC)C(=O)N1CCC(n2c(C)nc3ccc(F)cc32)CC1. The van der Waals surface area contributed by atoms with Crippen molar-refractivity contribution in [2.45, 2.75) is 52.5 Å². The lowest BCUT2D eigenvalue weighted by Crippen LogP contribution is -2.42. The van der Waals surface area contributed by atoms with Crippen molar-refractivity contribution < 1.29 is 9.18 Å². The summed E-state index contributed by atoms with van der Waals surface area (Å²) in [5.74, 6) is 1.12. The van der Waals surface area contributed by atoms with Crippen molar-refractivity contribution in [1.29, 1.82) is 0 Å². The van der Waals surface area contributed by atoms with Crippen LogP contribution < -0.4 is 0 Å². The Labute approximate surface area is 142 Å². The summed E-state index contributed by atoms with van der Waals surface area (Å²) in [4.78, 5) is 19.1. The third kappa shape index (κ3) is 3.04. The normalized spacial score (nSPS) is 16.3. The molecule has 0 aliphatic carbocycles. The first-order valence-corrected chi connectivity index (χ1v) is 8.98. The van der Waals surface area contributed by atoms with Crippen molar-refractivity contribution in [3.05, 3.63) is 29.8 Å². The van der Waals surface area contributed by atoms with Gasteiger partial charge in [-0.15, -0.1) is 0 Å². The molecule has 4 nitrogen and oxygen atoms in total. The van der Waals surface area contributed by atoms with Gasteiger partial charge in [0.1, 0.15) is 11.6 Å². The zero-order valence-electron chi connectivity index (χ0n) is 14.8.